The van der Waals surface area contributed by atoms with Crippen LogP contribution in [0.2, 0.25) is 0 Å². The summed E-state index contributed by atoms with van der Waals surface area (Å²) in [4.78, 5) is 6.62. The van der Waals surface area contributed by atoms with Crippen molar-refractivity contribution in [2.45, 2.75) is 31.9 Å². The molecule has 0 aliphatic carbocycles. The Hall–Kier alpha value is -1.13. The van der Waals surface area contributed by atoms with Gasteiger partial charge in [-0.2, -0.15) is 0 Å². The highest BCUT2D eigenvalue weighted by Crippen LogP contribution is 2.24. The van der Waals surface area contributed by atoms with Gasteiger partial charge in [0.25, 0.3) is 0 Å². The van der Waals surface area contributed by atoms with Crippen molar-refractivity contribution in [3.05, 3.63) is 23.9 Å². The number of hydrogen-bond donors (Lipinski definition) is 2. The molecule has 0 bridgehead atoms. The molecule has 0 amide bonds. The first kappa shape index (κ1) is 12.3. The number of aliphatic hydroxyl groups is 1. The maximum atomic E-state index is 10.1. The van der Waals surface area contributed by atoms with Gasteiger partial charge in [-0.05, 0) is 38.4 Å². The van der Waals surface area contributed by atoms with Crippen LogP contribution >= 0.6 is 0 Å². The molecular formula is C13H21N3O. The second-order valence-corrected chi connectivity index (χ2v) is 5.08. The molecular weight excluding hydrogens is 214 g/mol. The summed E-state index contributed by atoms with van der Waals surface area (Å²) in [6.45, 7) is 4.39. The van der Waals surface area contributed by atoms with Crippen LogP contribution in [-0.2, 0) is 6.54 Å². The van der Waals surface area contributed by atoms with Gasteiger partial charge in [-0.1, -0.05) is 6.07 Å². The van der Waals surface area contributed by atoms with Gasteiger partial charge >= 0.3 is 0 Å². The highest BCUT2D eigenvalue weighted by atomic mass is 16.3. The highest BCUT2D eigenvalue weighted by Gasteiger charge is 2.28. The maximum absolute atomic E-state index is 10.1. The zero-order chi connectivity index (χ0) is 12.3. The molecule has 4 heteroatoms. The van der Waals surface area contributed by atoms with E-state index in [0.717, 1.165) is 31.7 Å². The van der Waals surface area contributed by atoms with Crippen LogP contribution < -0.4 is 10.2 Å². The maximum Gasteiger partial charge on any atom is 0.128 e. The number of pyridine rings is 1. The Kier molecular flexibility index (Phi) is 3.64. The lowest BCUT2D eigenvalue weighted by molar-refractivity contribution is 0.0447. The Morgan fingerprint density at radius 1 is 1.53 bits per heavy atom. The number of anilines is 1. The van der Waals surface area contributed by atoms with Crippen molar-refractivity contribution in [1.82, 2.24) is 10.3 Å². The summed E-state index contributed by atoms with van der Waals surface area (Å²) in [7, 11) is 1.93. The smallest absolute Gasteiger partial charge is 0.128 e. The molecule has 1 aliphatic rings. The van der Waals surface area contributed by atoms with Gasteiger partial charge in [0.15, 0.2) is 0 Å². The molecule has 1 atom stereocenters. The first-order valence-electron chi connectivity index (χ1n) is 6.18. The topological polar surface area (TPSA) is 48.4 Å². The normalized spacial score (nSPS) is 25.0. The zero-order valence-electron chi connectivity index (χ0n) is 10.6. The van der Waals surface area contributed by atoms with Gasteiger partial charge in [-0.3, -0.25) is 0 Å². The molecule has 1 aliphatic heterocycles. The molecule has 0 saturated carbocycles. The summed E-state index contributed by atoms with van der Waals surface area (Å²) >= 11 is 0. The second-order valence-electron chi connectivity index (χ2n) is 5.08. The van der Waals surface area contributed by atoms with Gasteiger partial charge in [-0.25, -0.2) is 4.98 Å². The molecule has 94 valence electrons. The summed E-state index contributed by atoms with van der Waals surface area (Å²) in [6.07, 6.45) is 3.80. The molecule has 2 rings (SSSR count). The van der Waals surface area contributed by atoms with Crippen LogP contribution in [0.15, 0.2) is 18.3 Å². The van der Waals surface area contributed by atoms with Gasteiger partial charge in [-0.15, -0.1) is 0 Å². The number of rotatable bonds is 3. The quantitative estimate of drug-likeness (QED) is 0.825. The average molecular weight is 235 g/mol. The lowest BCUT2D eigenvalue weighted by atomic mass is 9.95. The van der Waals surface area contributed by atoms with E-state index in [1.807, 2.05) is 26.2 Å². The van der Waals surface area contributed by atoms with Crippen LogP contribution in [-0.4, -0.2) is 35.8 Å². The average Bonchev–Trinajstić information content (AvgIpc) is 2.29. The summed E-state index contributed by atoms with van der Waals surface area (Å²) in [5.41, 5.74) is 0.601. The SMILES string of the molecule is CNCc1ccc(N2CCCC(C)(O)C2)nc1. The predicted octanol–water partition coefficient (Wildman–Crippen LogP) is 1.15. The van der Waals surface area contributed by atoms with E-state index in [1.54, 1.807) is 0 Å². The van der Waals surface area contributed by atoms with E-state index in [-0.39, 0.29) is 0 Å². The fourth-order valence-electron chi connectivity index (χ4n) is 2.33. The zero-order valence-corrected chi connectivity index (χ0v) is 10.6. The molecule has 17 heavy (non-hydrogen) atoms. The molecule has 0 spiro atoms. The van der Waals surface area contributed by atoms with Crippen molar-refractivity contribution in [3.63, 3.8) is 0 Å². The van der Waals surface area contributed by atoms with E-state index in [0.29, 0.717) is 6.54 Å². The Bertz CT molecular complexity index is 361. The van der Waals surface area contributed by atoms with Gasteiger partial charge in [0.05, 0.1) is 5.60 Å². The van der Waals surface area contributed by atoms with Crippen molar-refractivity contribution in [2.24, 2.45) is 0 Å². The van der Waals surface area contributed by atoms with Crippen LogP contribution in [0.1, 0.15) is 25.3 Å². The summed E-state index contributed by atoms with van der Waals surface area (Å²) < 4.78 is 0. The lowest BCUT2D eigenvalue weighted by Gasteiger charge is -2.37. The van der Waals surface area contributed by atoms with E-state index in [1.165, 1.54) is 5.56 Å². The molecule has 1 unspecified atom stereocenters. The predicted molar refractivity (Wildman–Crippen MR) is 69.1 cm³/mol. The van der Waals surface area contributed by atoms with Crippen LogP contribution in [0, 0.1) is 0 Å². The van der Waals surface area contributed by atoms with Gasteiger partial charge in [0, 0.05) is 25.8 Å². The monoisotopic (exact) mass is 235 g/mol. The Labute approximate surface area is 103 Å². The van der Waals surface area contributed by atoms with Gasteiger partial charge in [0.1, 0.15) is 5.82 Å². The fourth-order valence-corrected chi connectivity index (χ4v) is 2.33. The number of hydrogen-bond acceptors (Lipinski definition) is 4. The molecule has 1 aromatic rings. The summed E-state index contributed by atoms with van der Waals surface area (Å²) in [5.74, 6) is 0.963. The first-order valence-corrected chi connectivity index (χ1v) is 6.18. The summed E-state index contributed by atoms with van der Waals surface area (Å²) in [5, 5.41) is 13.2. The standard InChI is InChI=1S/C13H21N3O/c1-13(17)6-3-7-16(10-13)12-5-4-11(8-14-2)9-15-12/h4-5,9,14,17H,3,6-8,10H2,1-2H3. The lowest BCUT2D eigenvalue weighted by Crippen LogP contribution is -2.46. The molecule has 4 nitrogen and oxygen atoms in total. The minimum Gasteiger partial charge on any atom is -0.388 e. The van der Waals surface area contributed by atoms with Crippen molar-refractivity contribution in [3.8, 4) is 0 Å². The van der Waals surface area contributed by atoms with Crippen LogP contribution in [0.3, 0.4) is 0 Å². The Balaban J connectivity index is 2.06. The molecule has 0 aromatic carbocycles. The van der Waals surface area contributed by atoms with E-state index < -0.39 is 5.60 Å². The number of β-amino-alcohol motifs (C(OH)–C–C–N with tert-alkyl or cyclic N) is 1. The largest absolute Gasteiger partial charge is 0.388 e. The third kappa shape index (κ3) is 3.17. The van der Waals surface area contributed by atoms with Crippen molar-refractivity contribution in [2.75, 3.05) is 25.0 Å². The molecule has 0 radical (unpaired) electrons. The molecule has 1 saturated heterocycles. The van der Waals surface area contributed by atoms with Gasteiger partial charge in [0.2, 0.25) is 0 Å². The van der Waals surface area contributed by atoms with Crippen molar-refractivity contribution < 1.29 is 5.11 Å². The van der Waals surface area contributed by atoms with E-state index in [4.69, 9.17) is 0 Å². The van der Waals surface area contributed by atoms with Crippen LogP contribution in [0.25, 0.3) is 0 Å². The molecule has 1 fully saturated rings. The van der Waals surface area contributed by atoms with E-state index >= 15 is 0 Å². The number of aromatic nitrogens is 1. The number of nitrogens with zero attached hydrogens (tertiary/aromatic N) is 2. The second kappa shape index (κ2) is 5.02. The molecule has 2 N–H and O–H groups in total. The number of nitrogens with one attached hydrogen (secondary N) is 1. The third-order valence-electron chi connectivity index (χ3n) is 3.19. The first-order chi connectivity index (χ1) is 8.11. The van der Waals surface area contributed by atoms with Crippen molar-refractivity contribution in [1.29, 1.82) is 0 Å². The van der Waals surface area contributed by atoms with E-state index in [2.05, 4.69) is 21.3 Å². The molecule has 1 aromatic heterocycles. The minimum atomic E-state index is -0.580. The van der Waals surface area contributed by atoms with Crippen LogP contribution in [0.5, 0.6) is 0 Å². The van der Waals surface area contributed by atoms with E-state index in [9.17, 15) is 5.11 Å². The van der Waals surface area contributed by atoms with Crippen molar-refractivity contribution >= 4 is 5.82 Å². The number of piperidine rings is 1. The van der Waals surface area contributed by atoms with Gasteiger partial charge < -0.3 is 15.3 Å². The highest BCUT2D eigenvalue weighted by molar-refractivity contribution is 5.40. The Morgan fingerprint density at radius 3 is 2.94 bits per heavy atom. The van der Waals surface area contributed by atoms with Crippen LogP contribution in [0.4, 0.5) is 5.82 Å². The third-order valence-corrected chi connectivity index (χ3v) is 3.19. The fraction of sp³-hybridized carbons (Fsp3) is 0.615. The Morgan fingerprint density at radius 2 is 2.35 bits per heavy atom. The summed E-state index contributed by atoms with van der Waals surface area (Å²) in [6, 6.07) is 4.12. The minimum absolute atomic E-state index is 0.580. The molecule has 2 heterocycles.